The van der Waals surface area contributed by atoms with Crippen LogP contribution in [0.4, 0.5) is 0 Å². The van der Waals surface area contributed by atoms with Gasteiger partial charge in [0, 0.05) is 29.7 Å². The van der Waals surface area contributed by atoms with Crippen molar-refractivity contribution in [3.8, 4) is 28.7 Å². The molecule has 20 heavy (non-hydrogen) atoms. The highest BCUT2D eigenvalue weighted by molar-refractivity contribution is 5.65. The van der Waals surface area contributed by atoms with E-state index >= 15 is 0 Å². The quantitative estimate of drug-likeness (QED) is 0.727. The summed E-state index contributed by atoms with van der Waals surface area (Å²) in [7, 11) is 0. The van der Waals surface area contributed by atoms with E-state index in [9.17, 15) is 0 Å². The number of hydrogen-bond acceptors (Lipinski definition) is 3. The minimum atomic E-state index is 0.303. The zero-order chi connectivity index (χ0) is 13.8. The van der Waals surface area contributed by atoms with E-state index in [2.05, 4.69) is 16.0 Å². The molecule has 3 aromatic rings. The molecule has 0 atom stereocenters. The Bertz CT molecular complexity index is 736. The molecule has 0 fully saturated rings. The molecular weight excluding hydrogens is 248 g/mol. The summed E-state index contributed by atoms with van der Waals surface area (Å²) in [5, 5.41) is 8.80. The van der Waals surface area contributed by atoms with Gasteiger partial charge in [-0.2, -0.15) is 5.26 Å². The molecule has 2 heterocycles. The summed E-state index contributed by atoms with van der Waals surface area (Å²) in [4.78, 5) is 8.63. The van der Waals surface area contributed by atoms with Gasteiger partial charge in [-0.15, -0.1) is 0 Å². The Morgan fingerprint density at radius 1 is 0.950 bits per heavy atom. The fourth-order valence-corrected chi connectivity index (χ4v) is 2.10. The van der Waals surface area contributed by atoms with E-state index in [0.717, 1.165) is 22.6 Å². The molecule has 2 aromatic heterocycles. The average Bonchev–Trinajstić information content (AvgIpc) is 2.97. The van der Waals surface area contributed by atoms with Crippen molar-refractivity contribution in [2.75, 3.05) is 0 Å². The predicted molar refractivity (Wildman–Crippen MR) is 76.5 cm³/mol. The van der Waals surface area contributed by atoms with Crippen molar-refractivity contribution in [1.82, 2.24) is 14.5 Å². The van der Waals surface area contributed by atoms with Gasteiger partial charge in [0.2, 0.25) is 0 Å². The molecule has 96 valence electrons. The van der Waals surface area contributed by atoms with Gasteiger partial charge in [0.05, 0.1) is 11.8 Å². The molecule has 4 heteroatoms. The minimum absolute atomic E-state index is 0.303. The van der Waals surface area contributed by atoms with E-state index < -0.39 is 0 Å². The van der Waals surface area contributed by atoms with Crippen LogP contribution in [0.1, 0.15) is 0 Å². The van der Waals surface area contributed by atoms with Crippen LogP contribution in [0, 0.1) is 11.3 Å². The molecule has 0 aliphatic heterocycles. The molecule has 0 bridgehead atoms. The van der Waals surface area contributed by atoms with Crippen molar-refractivity contribution < 1.29 is 0 Å². The highest BCUT2D eigenvalue weighted by atomic mass is 15.1. The Kier molecular flexibility index (Phi) is 3.25. The molecular formula is C16H12N4. The Morgan fingerprint density at radius 2 is 1.75 bits per heavy atom. The number of pyridine rings is 1. The van der Waals surface area contributed by atoms with Gasteiger partial charge < -0.3 is 4.57 Å². The van der Waals surface area contributed by atoms with E-state index in [4.69, 9.17) is 5.26 Å². The molecule has 0 aliphatic rings. The largest absolute Gasteiger partial charge is 0.317 e. The fourth-order valence-electron chi connectivity index (χ4n) is 2.10. The zero-order valence-electron chi connectivity index (χ0n) is 10.8. The first-order chi connectivity index (χ1) is 9.88. The predicted octanol–water partition coefficient (Wildman–Crippen LogP) is 3.14. The second-order valence-corrected chi connectivity index (χ2v) is 4.33. The van der Waals surface area contributed by atoms with E-state index in [1.807, 2.05) is 53.2 Å². The highest BCUT2D eigenvalue weighted by Gasteiger charge is 2.06. The van der Waals surface area contributed by atoms with Crippen LogP contribution in [-0.4, -0.2) is 14.5 Å². The van der Waals surface area contributed by atoms with Crippen LogP contribution in [0.2, 0.25) is 0 Å². The lowest BCUT2D eigenvalue weighted by atomic mass is 10.1. The third kappa shape index (κ3) is 2.29. The standard InChI is InChI=1S/C16H12N4/c17-8-11-20-12-10-19-16(20)14-6-4-13(5-7-14)15-3-1-2-9-18-15/h1-7,9-10,12H,11H2. The normalized spacial score (nSPS) is 10.2. The molecule has 0 aliphatic carbocycles. The van der Waals surface area contributed by atoms with Gasteiger partial charge in [-0.1, -0.05) is 30.3 Å². The van der Waals surface area contributed by atoms with Crippen molar-refractivity contribution in [3.63, 3.8) is 0 Å². The maximum atomic E-state index is 8.80. The SMILES string of the molecule is N#CCn1ccnc1-c1ccc(-c2ccccn2)cc1. The van der Waals surface area contributed by atoms with Crippen LogP contribution in [0.25, 0.3) is 22.6 Å². The first-order valence-electron chi connectivity index (χ1n) is 6.28. The molecule has 0 saturated heterocycles. The number of nitriles is 1. The lowest BCUT2D eigenvalue weighted by molar-refractivity contribution is 0.841. The topological polar surface area (TPSA) is 54.5 Å². The monoisotopic (exact) mass is 260 g/mol. The average molecular weight is 260 g/mol. The van der Waals surface area contributed by atoms with Gasteiger partial charge in [0.15, 0.2) is 0 Å². The van der Waals surface area contributed by atoms with E-state index in [-0.39, 0.29) is 0 Å². The summed E-state index contributed by atoms with van der Waals surface area (Å²) >= 11 is 0. The number of aromatic nitrogens is 3. The first kappa shape index (κ1) is 12.1. The van der Waals surface area contributed by atoms with Gasteiger partial charge in [0.1, 0.15) is 12.4 Å². The summed E-state index contributed by atoms with van der Waals surface area (Å²) in [5.74, 6) is 0.805. The van der Waals surface area contributed by atoms with Gasteiger partial charge in [-0.25, -0.2) is 4.98 Å². The lowest BCUT2D eigenvalue weighted by Gasteiger charge is -2.05. The Morgan fingerprint density at radius 3 is 2.45 bits per heavy atom. The fraction of sp³-hybridized carbons (Fsp3) is 0.0625. The molecule has 0 unspecified atom stereocenters. The Hall–Kier alpha value is -2.93. The number of nitrogens with zero attached hydrogens (tertiary/aromatic N) is 4. The molecule has 0 N–H and O–H groups in total. The summed E-state index contributed by atoms with van der Waals surface area (Å²) in [5.41, 5.74) is 3.00. The van der Waals surface area contributed by atoms with Crippen molar-refractivity contribution in [2.24, 2.45) is 0 Å². The van der Waals surface area contributed by atoms with Gasteiger partial charge >= 0.3 is 0 Å². The molecule has 4 nitrogen and oxygen atoms in total. The molecule has 0 amide bonds. The molecule has 3 rings (SSSR count). The number of hydrogen-bond donors (Lipinski definition) is 0. The lowest BCUT2D eigenvalue weighted by Crippen LogP contribution is -1.97. The Balaban J connectivity index is 1.94. The first-order valence-corrected chi connectivity index (χ1v) is 6.28. The zero-order valence-corrected chi connectivity index (χ0v) is 10.8. The molecule has 0 radical (unpaired) electrons. The third-order valence-corrected chi connectivity index (χ3v) is 3.06. The van der Waals surface area contributed by atoms with Gasteiger partial charge in [-0.05, 0) is 12.1 Å². The second-order valence-electron chi connectivity index (χ2n) is 4.33. The second kappa shape index (κ2) is 5.37. The number of rotatable bonds is 3. The maximum absolute atomic E-state index is 8.80. The summed E-state index contributed by atoms with van der Waals surface area (Å²) < 4.78 is 1.83. The van der Waals surface area contributed by atoms with E-state index in [1.165, 1.54) is 0 Å². The van der Waals surface area contributed by atoms with Crippen LogP contribution >= 0.6 is 0 Å². The van der Waals surface area contributed by atoms with E-state index in [0.29, 0.717) is 6.54 Å². The molecule has 0 saturated carbocycles. The molecule has 0 spiro atoms. The van der Waals surface area contributed by atoms with Gasteiger partial charge in [-0.3, -0.25) is 4.98 Å². The van der Waals surface area contributed by atoms with Crippen molar-refractivity contribution >= 4 is 0 Å². The highest BCUT2D eigenvalue weighted by Crippen LogP contribution is 2.22. The van der Waals surface area contributed by atoms with Crippen LogP contribution in [0.15, 0.2) is 61.1 Å². The number of benzene rings is 1. The summed E-state index contributed by atoms with van der Waals surface area (Å²) in [6, 6.07) is 16.0. The molecule has 1 aromatic carbocycles. The maximum Gasteiger partial charge on any atom is 0.140 e. The third-order valence-electron chi connectivity index (χ3n) is 3.06. The van der Waals surface area contributed by atoms with Gasteiger partial charge in [0.25, 0.3) is 0 Å². The summed E-state index contributed by atoms with van der Waals surface area (Å²) in [6.45, 7) is 0.303. The van der Waals surface area contributed by atoms with Crippen molar-refractivity contribution in [3.05, 3.63) is 61.1 Å². The van der Waals surface area contributed by atoms with Crippen molar-refractivity contribution in [1.29, 1.82) is 5.26 Å². The van der Waals surface area contributed by atoms with Crippen LogP contribution < -0.4 is 0 Å². The van der Waals surface area contributed by atoms with Crippen LogP contribution in [-0.2, 0) is 6.54 Å². The van der Waals surface area contributed by atoms with Crippen LogP contribution in [0.5, 0.6) is 0 Å². The summed E-state index contributed by atoms with van der Waals surface area (Å²) in [6.07, 6.45) is 5.30. The smallest absolute Gasteiger partial charge is 0.140 e. The van der Waals surface area contributed by atoms with E-state index in [1.54, 1.807) is 12.4 Å². The number of imidazole rings is 1. The minimum Gasteiger partial charge on any atom is -0.317 e. The Labute approximate surface area is 117 Å². The van der Waals surface area contributed by atoms with Crippen LogP contribution in [0.3, 0.4) is 0 Å². The van der Waals surface area contributed by atoms with Crippen molar-refractivity contribution in [2.45, 2.75) is 6.54 Å².